The molecule has 1 aliphatic heterocycles. The number of aromatic amines is 1. The highest BCUT2D eigenvalue weighted by molar-refractivity contribution is 7.88. The SMILES string of the molecule is CC=Cc1c(-c2cn[nH]c2)ccn2nc(NC3CCN(S(C)(=O)=O)CC3)nc12. The predicted octanol–water partition coefficient (Wildman–Crippen LogP) is 1.99. The van der Waals surface area contributed by atoms with E-state index in [4.69, 9.17) is 4.98 Å². The monoisotopic (exact) mass is 401 g/mol. The maximum atomic E-state index is 11.7. The van der Waals surface area contributed by atoms with Crippen molar-refractivity contribution in [3.8, 4) is 11.1 Å². The number of sulfonamides is 1. The molecule has 0 saturated carbocycles. The smallest absolute Gasteiger partial charge is 0.243 e. The van der Waals surface area contributed by atoms with Gasteiger partial charge in [0.25, 0.3) is 0 Å². The van der Waals surface area contributed by atoms with Crippen molar-refractivity contribution in [2.24, 2.45) is 0 Å². The van der Waals surface area contributed by atoms with Crippen LogP contribution in [0.5, 0.6) is 0 Å². The molecule has 3 aromatic rings. The topological polar surface area (TPSA) is 108 Å². The molecule has 0 aromatic carbocycles. The summed E-state index contributed by atoms with van der Waals surface area (Å²) in [5, 5.41) is 14.8. The van der Waals surface area contributed by atoms with E-state index in [-0.39, 0.29) is 6.04 Å². The van der Waals surface area contributed by atoms with Gasteiger partial charge in [-0.05, 0) is 31.4 Å². The number of aromatic nitrogens is 5. The summed E-state index contributed by atoms with van der Waals surface area (Å²) in [7, 11) is -3.13. The Labute approximate surface area is 163 Å². The second-order valence-electron chi connectivity index (χ2n) is 6.91. The quantitative estimate of drug-likeness (QED) is 0.677. The molecule has 1 aliphatic rings. The molecule has 0 spiro atoms. The van der Waals surface area contributed by atoms with Crippen molar-refractivity contribution in [1.82, 2.24) is 29.1 Å². The van der Waals surface area contributed by atoms with Gasteiger partial charge < -0.3 is 5.32 Å². The number of hydrogen-bond acceptors (Lipinski definition) is 6. The van der Waals surface area contributed by atoms with Gasteiger partial charge in [0.15, 0.2) is 5.65 Å². The Bertz CT molecular complexity index is 1090. The maximum absolute atomic E-state index is 11.7. The van der Waals surface area contributed by atoms with E-state index in [0.717, 1.165) is 35.2 Å². The van der Waals surface area contributed by atoms with E-state index in [1.165, 1.54) is 10.6 Å². The third-order valence-corrected chi connectivity index (χ3v) is 6.25. The Morgan fingerprint density at radius 3 is 2.75 bits per heavy atom. The lowest BCUT2D eigenvalue weighted by Gasteiger charge is -2.30. The van der Waals surface area contributed by atoms with Gasteiger partial charge in [-0.1, -0.05) is 12.2 Å². The third kappa shape index (κ3) is 3.65. The highest BCUT2D eigenvalue weighted by atomic mass is 32.2. The molecular weight excluding hydrogens is 378 g/mol. The molecule has 0 bridgehead atoms. The molecule has 0 unspecified atom stereocenters. The van der Waals surface area contributed by atoms with Crippen molar-refractivity contribution < 1.29 is 8.42 Å². The lowest BCUT2D eigenvalue weighted by molar-refractivity contribution is 0.331. The van der Waals surface area contributed by atoms with E-state index < -0.39 is 10.0 Å². The summed E-state index contributed by atoms with van der Waals surface area (Å²) in [5.74, 6) is 0.549. The van der Waals surface area contributed by atoms with Gasteiger partial charge in [-0.2, -0.15) is 10.1 Å². The number of piperidine rings is 1. The number of nitrogens with zero attached hydrogens (tertiary/aromatic N) is 5. The molecular formula is C18H23N7O2S. The second-order valence-corrected chi connectivity index (χ2v) is 8.90. The molecule has 2 N–H and O–H groups in total. The normalized spacial score (nSPS) is 16.9. The van der Waals surface area contributed by atoms with Gasteiger partial charge in [-0.3, -0.25) is 5.10 Å². The number of hydrogen-bond donors (Lipinski definition) is 2. The van der Waals surface area contributed by atoms with Crippen molar-refractivity contribution in [1.29, 1.82) is 0 Å². The second kappa shape index (κ2) is 7.36. The summed E-state index contributed by atoms with van der Waals surface area (Å²) in [6, 6.07) is 2.14. The number of anilines is 1. The number of fused-ring (bicyclic) bond motifs is 1. The van der Waals surface area contributed by atoms with Crippen LogP contribution < -0.4 is 5.32 Å². The predicted molar refractivity (Wildman–Crippen MR) is 108 cm³/mol. The highest BCUT2D eigenvalue weighted by Gasteiger charge is 2.25. The number of allylic oxidation sites excluding steroid dienone is 1. The van der Waals surface area contributed by atoms with E-state index in [2.05, 4.69) is 20.6 Å². The van der Waals surface area contributed by atoms with Gasteiger partial charge in [-0.15, -0.1) is 5.10 Å². The minimum atomic E-state index is -3.13. The first-order valence-electron chi connectivity index (χ1n) is 9.18. The molecule has 148 valence electrons. The molecule has 10 heteroatoms. The molecule has 1 saturated heterocycles. The first-order chi connectivity index (χ1) is 13.5. The van der Waals surface area contributed by atoms with E-state index in [1.54, 1.807) is 10.7 Å². The molecule has 1 fully saturated rings. The van der Waals surface area contributed by atoms with Crippen LogP contribution in [0.25, 0.3) is 22.9 Å². The number of H-pyrrole nitrogens is 1. The lowest BCUT2D eigenvalue weighted by atomic mass is 10.0. The van der Waals surface area contributed by atoms with Crippen LogP contribution in [0.2, 0.25) is 0 Å². The zero-order chi connectivity index (χ0) is 19.7. The summed E-state index contributed by atoms with van der Waals surface area (Å²) >= 11 is 0. The minimum absolute atomic E-state index is 0.147. The third-order valence-electron chi connectivity index (χ3n) is 4.94. The minimum Gasteiger partial charge on any atom is -0.350 e. The zero-order valence-electron chi connectivity index (χ0n) is 15.8. The number of pyridine rings is 1. The van der Waals surface area contributed by atoms with E-state index >= 15 is 0 Å². The summed E-state index contributed by atoms with van der Waals surface area (Å²) in [6.45, 7) is 2.99. The fraction of sp³-hybridized carbons (Fsp3) is 0.389. The van der Waals surface area contributed by atoms with E-state index in [0.29, 0.717) is 19.0 Å². The van der Waals surface area contributed by atoms with E-state index in [1.807, 2.05) is 37.5 Å². The Kier molecular flexibility index (Phi) is 4.90. The maximum Gasteiger partial charge on any atom is 0.243 e. The Hall–Kier alpha value is -2.72. The van der Waals surface area contributed by atoms with Crippen molar-refractivity contribution in [2.75, 3.05) is 24.7 Å². The van der Waals surface area contributed by atoms with Crippen molar-refractivity contribution in [2.45, 2.75) is 25.8 Å². The molecule has 0 amide bonds. The summed E-state index contributed by atoms with van der Waals surface area (Å²) in [5.41, 5.74) is 3.74. The Balaban J connectivity index is 1.59. The van der Waals surface area contributed by atoms with Crippen LogP contribution in [0, 0.1) is 0 Å². The molecule has 0 aliphatic carbocycles. The van der Waals surface area contributed by atoms with Crippen LogP contribution >= 0.6 is 0 Å². The van der Waals surface area contributed by atoms with Crippen molar-refractivity contribution in [3.05, 3.63) is 36.3 Å². The molecule has 9 nitrogen and oxygen atoms in total. The van der Waals surface area contributed by atoms with Gasteiger partial charge in [-0.25, -0.2) is 17.2 Å². The standard InChI is InChI=1S/C18H23N7O2S/c1-3-4-16-15(13-11-19-20-12-13)7-10-25-17(16)22-18(23-25)21-14-5-8-24(9-6-14)28(2,26)27/h3-4,7,10-12,14H,5-6,8-9H2,1-2H3,(H,19,20)(H,21,23). The molecule has 28 heavy (non-hydrogen) atoms. The molecule has 0 atom stereocenters. The van der Waals surface area contributed by atoms with E-state index in [9.17, 15) is 8.42 Å². The zero-order valence-corrected chi connectivity index (χ0v) is 16.6. The van der Waals surface area contributed by atoms with Crippen LogP contribution in [-0.2, 0) is 10.0 Å². The average Bonchev–Trinajstić information content (AvgIpc) is 3.31. The molecule has 4 heterocycles. The van der Waals surface area contributed by atoms with Crippen LogP contribution in [-0.4, -0.2) is 62.9 Å². The van der Waals surface area contributed by atoms with Gasteiger partial charge >= 0.3 is 0 Å². The molecule has 3 aromatic heterocycles. The molecule has 0 radical (unpaired) electrons. The van der Waals surface area contributed by atoms with Crippen LogP contribution in [0.1, 0.15) is 25.3 Å². The van der Waals surface area contributed by atoms with Crippen molar-refractivity contribution >= 4 is 27.7 Å². The van der Waals surface area contributed by atoms with Gasteiger partial charge in [0.05, 0.1) is 12.5 Å². The highest BCUT2D eigenvalue weighted by Crippen LogP contribution is 2.27. The van der Waals surface area contributed by atoms with Gasteiger partial charge in [0, 0.05) is 42.7 Å². The summed E-state index contributed by atoms with van der Waals surface area (Å²) in [4.78, 5) is 4.69. The summed E-state index contributed by atoms with van der Waals surface area (Å²) in [6.07, 6.45) is 12.2. The van der Waals surface area contributed by atoms with Crippen molar-refractivity contribution in [3.63, 3.8) is 0 Å². The number of nitrogens with one attached hydrogen (secondary N) is 2. The largest absolute Gasteiger partial charge is 0.350 e. The first kappa shape index (κ1) is 18.6. The number of rotatable bonds is 5. The Morgan fingerprint density at radius 1 is 1.32 bits per heavy atom. The lowest BCUT2D eigenvalue weighted by Crippen LogP contribution is -2.41. The van der Waals surface area contributed by atoms with Crippen LogP contribution in [0.15, 0.2) is 30.7 Å². The van der Waals surface area contributed by atoms with Crippen LogP contribution in [0.4, 0.5) is 5.95 Å². The average molecular weight is 401 g/mol. The molecule has 4 rings (SSSR count). The fourth-order valence-electron chi connectivity index (χ4n) is 3.52. The van der Waals surface area contributed by atoms with Gasteiger partial charge in [0.1, 0.15) is 0 Å². The van der Waals surface area contributed by atoms with Crippen LogP contribution in [0.3, 0.4) is 0 Å². The van der Waals surface area contributed by atoms with Gasteiger partial charge in [0.2, 0.25) is 16.0 Å². The first-order valence-corrected chi connectivity index (χ1v) is 11.0. The Morgan fingerprint density at radius 2 is 2.11 bits per heavy atom. The summed E-state index contributed by atoms with van der Waals surface area (Å²) < 4.78 is 26.6. The fourth-order valence-corrected chi connectivity index (χ4v) is 4.40.